The highest BCUT2D eigenvalue weighted by Gasteiger charge is 2.33. The monoisotopic (exact) mass is 443 g/mol. The molecule has 0 bridgehead atoms. The summed E-state index contributed by atoms with van der Waals surface area (Å²) in [4.78, 5) is 14.8. The number of nitrogens with zero attached hydrogens (tertiary/aromatic N) is 1. The minimum atomic E-state index is -0.336. The van der Waals surface area contributed by atoms with Gasteiger partial charge in [-0.2, -0.15) is 0 Å². The molecule has 0 unspecified atom stereocenters. The summed E-state index contributed by atoms with van der Waals surface area (Å²) in [5.74, 6) is 0.280. The first-order valence-corrected chi connectivity index (χ1v) is 11.9. The quantitative estimate of drug-likeness (QED) is 0.268. The van der Waals surface area contributed by atoms with Crippen LogP contribution in [-0.2, 0) is 9.53 Å². The second kappa shape index (κ2) is 10.2. The fraction of sp³-hybridized carbons (Fsp3) is 0.345. The van der Waals surface area contributed by atoms with E-state index in [1.54, 1.807) is 0 Å². The van der Waals surface area contributed by atoms with Gasteiger partial charge in [0.15, 0.2) is 0 Å². The average Bonchev–Trinajstić information content (AvgIpc) is 3.31. The molecule has 4 heteroatoms. The van der Waals surface area contributed by atoms with Gasteiger partial charge in [-0.1, -0.05) is 56.2 Å². The first kappa shape index (κ1) is 23.1. The predicted molar refractivity (Wildman–Crippen MR) is 134 cm³/mol. The Morgan fingerprint density at radius 1 is 0.848 bits per heavy atom. The number of rotatable bonds is 8. The Balaban J connectivity index is 1.56. The molecular formula is C29H33NO3. The predicted octanol–water partition coefficient (Wildman–Crippen LogP) is 7.42. The van der Waals surface area contributed by atoms with Gasteiger partial charge in [0.05, 0.1) is 5.60 Å². The highest BCUT2D eigenvalue weighted by atomic mass is 16.6. The van der Waals surface area contributed by atoms with Crippen LogP contribution in [0.15, 0.2) is 72.8 Å². The lowest BCUT2D eigenvalue weighted by Gasteiger charge is -2.28. The summed E-state index contributed by atoms with van der Waals surface area (Å²) in [5.41, 5.74) is 4.85. The summed E-state index contributed by atoms with van der Waals surface area (Å²) < 4.78 is 11.8. The molecule has 0 spiro atoms. The second-order valence-electron chi connectivity index (χ2n) is 8.92. The highest BCUT2D eigenvalue weighted by Crippen LogP contribution is 2.38. The van der Waals surface area contributed by atoms with E-state index in [-0.39, 0.29) is 18.2 Å². The maximum Gasteiger partial charge on any atom is 0.337 e. The molecular weight excluding hydrogens is 410 g/mol. The Hall–Kier alpha value is -3.11. The minimum Gasteiger partial charge on any atom is -0.424 e. The Kier molecular flexibility index (Phi) is 7.14. The van der Waals surface area contributed by atoms with Gasteiger partial charge in [-0.25, -0.2) is 4.79 Å². The summed E-state index contributed by atoms with van der Waals surface area (Å²) in [6.45, 7) is 6.10. The van der Waals surface area contributed by atoms with Crippen LogP contribution < -0.4 is 9.64 Å². The molecule has 1 aliphatic rings. The first-order valence-electron chi connectivity index (χ1n) is 11.9. The van der Waals surface area contributed by atoms with Crippen molar-refractivity contribution < 1.29 is 14.3 Å². The number of para-hydroxylation sites is 2. The first-order chi connectivity index (χ1) is 16.0. The summed E-state index contributed by atoms with van der Waals surface area (Å²) in [5, 5.41) is 0. The lowest BCUT2D eigenvalue weighted by atomic mass is 9.99. The van der Waals surface area contributed by atoms with Crippen molar-refractivity contribution in [2.75, 3.05) is 11.5 Å². The molecule has 172 valence electrons. The molecule has 1 aliphatic carbocycles. The summed E-state index contributed by atoms with van der Waals surface area (Å²) in [6, 6.07) is 24.7. The Morgan fingerprint density at radius 3 is 1.85 bits per heavy atom. The standard InChI is InChI=1S/C29H33NO3/c1-4-29(17-11-12-18-29)32-21-27(31)33-28-22(2)19-26(20-23(28)3)30(24-13-7-5-8-14-24)25-15-9-6-10-16-25/h5-10,13-16,19-20H,4,11-12,17-18,21H2,1-3H3. The molecule has 0 aromatic heterocycles. The van der Waals surface area contributed by atoms with Crippen LogP contribution in [-0.4, -0.2) is 18.2 Å². The molecule has 1 fully saturated rings. The molecule has 0 heterocycles. The number of hydrogen-bond donors (Lipinski definition) is 0. The van der Waals surface area contributed by atoms with Crippen LogP contribution in [0.3, 0.4) is 0 Å². The van der Waals surface area contributed by atoms with Crippen molar-refractivity contribution in [3.05, 3.63) is 83.9 Å². The van der Waals surface area contributed by atoms with Crippen molar-refractivity contribution in [3.8, 4) is 5.75 Å². The van der Waals surface area contributed by atoms with Gasteiger partial charge in [-0.05, 0) is 80.6 Å². The summed E-state index contributed by atoms with van der Waals surface area (Å²) >= 11 is 0. The third-order valence-electron chi connectivity index (χ3n) is 6.60. The van der Waals surface area contributed by atoms with E-state index in [1.165, 1.54) is 12.8 Å². The number of carbonyl (C=O) groups excluding carboxylic acids is 1. The number of aryl methyl sites for hydroxylation is 2. The third kappa shape index (κ3) is 5.28. The van der Waals surface area contributed by atoms with Gasteiger partial charge in [-0.15, -0.1) is 0 Å². The van der Waals surface area contributed by atoms with Crippen LogP contribution in [0.2, 0.25) is 0 Å². The summed E-state index contributed by atoms with van der Waals surface area (Å²) in [7, 11) is 0. The van der Waals surface area contributed by atoms with Crippen LogP contribution in [0, 0.1) is 13.8 Å². The maximum atomic E-state index is 12.6. The van der Waals surface area contributed by atoms with Crippen LogP contribution in [0.25, 0.3) is 0 Å². The van der Waals surface area contributed by atoms with E-state index < -0.39 is 0 Å². The van der Waals surface area contributed by atoms with E-state index in [1.807, 2.05) is 50.2 Å². The van der Waals surface area contributed by atoms with Crippen molar-refractivity contribution >= 4 is 23.0 Å². The molecule has 0 saturated heterocycles. The van der Waals surface area contributed by atoms with Crippen molar-refractivity contribution in [3.63, 3.8) is 0 Å². The maximum absolute atomic E-state index is 12.6. The van der Waals surface area contributed by atoms with Gasteiger partial charge in [0.2, 0.25) is 0 Å². The molecule has 0 amide bonds. The van der Waals surface area contributed by atoms with Gasteiger partial charge in [0, 0.05) is 17.1 Å². The number of anilines is 3. The van der Waals surface area contributed by atoms with E-state index >= 15 is 0 Å². The van der Waals surface area contributed by atoms with E-state index in [0.717, 1.165) is 47.5 Å². The highest BCUT2D eigenvalue weighted by molar-refractivity contribution is 5.79. The van der Waals surface area contributed by atoms with Gasteiger partial charge < -0.3 is 14.4 Å². The van der Waals surface area contributed by atoms with E-state index in [2.05, 4.69) is 48.2 Å². The molecule has 0 radical (unpaired) electrons. The zero-order valence-corrected chi connectivity index (χ0v) is 19.8. The molecule has 0 N–H and O–H groups in total. The largest absolute Gasteiger partial charge is 0.424 e. The van der Waals surface area contributed by atoms with Crippen molar-refractivity contribution in [1.82, 2.24) is 0 Å². The van der Waals surface area contributed by atoms with Crippen molar-refractivity contribution in [2.24, 2.45) is 0 Å². The lowest BCUT2D eigenvalue weighted by molar-refractivity contribution is -0.147. The average molecular weight is 444 g/mol. The van der Waals surface area contributed by atoms with Gasteiger partial charge in [0.25, 0.3) is 0 Å². The Labute approximate surface area is 197 Å². The fourth-order valence-electron chi connectivity index (χ4n) is 4.79. The molecule has 33 heavy (non-hydrogen) atoms. The van der Waals surface area contributed by atoms with E-state index in [9.17, 15) is 4.79 Å². The van der Waals surface area contributed by atoms with Gasteiger partial charge in [0.1, 0.15) is 12.4 Å². The zero-order valence-electron chi connectivity index (χ0n) is 19.8. The molecule has 4 nitrogen and oxygen atoms in total. The molecule has 1 saturated carbocycles. The van der Waals surface area contributed by atoms with Crippen LogP contribution in [0.4, 0.5) is 17.1 Å². The molecule has 0 atom stereocenters. The second-order valence-corrected chi connectivity index (χ2v) is 8.92. The number of esters is 1. The van der Waals surface area contributed by atoms with Gasteiger partial charge >= 0.3 is 5.97 Å². The topological polar surface area (TPSA) is 38.8 Å². The number of hydrogen-bond acceptors (Lipinski definition) is 4. The SMILES string of the molecule is CCC1(OCC(=O)Oc2c(C)cc(N(c3ccccc3)c3ccccc3)cc2C)CCCC1. The normalized spacial score (nSPS) is 14.8. The van der Waals surface area contributed by atoms with E-state index in [4.69, 9.17) is 9.47 Å². The number of carbonyl (C=O) groups is 1. The van der Waals surface area contributed by atoms with Crippen molar-refractivity contribution in [2.45, 2.75) is 58.5 Å². The number of ether oxygens (including phenoxy) is 2. The number of benzene rings is 3. The van der Waals surface area contributed by atoms with Crippen molar-refractivity contribution in [1.29, 1.82) is 0 Å². The molecule has 3 aromatic rings. The van der Waals surface area contributed by atoms with Gasteiger partial charge in [-0.3, -0.25) is 0 Å². The molecule has 4 rings (SSSR count). The zero-order chi connectivity index (χ0) is 23.3. The van der Waals surface area contributed by atoms with Crippen LogP contribution >= 0.6 is 0 Å². The lowest BCUT2D eigenvalue weighted by Crippen LogP contribution is -2.32. The van der Waals surface area contributed by atoms with E-state index in [0.29, 0.717) is 5.75 Å². The van der Waals surface area contributed by atoms with Crippen LogP contribution in [0.1, 0.15) is 50.2 Å². The smallest absolute Gasteiger partial charge is 0.337 e. The summed E-state index contributed by atoms with van der Waals surface area (Å²) in [6.07, 6.45) is 5.32. The third-order valence-corrected chi connectivity index (χ3v) is 6.60. The fourth-order valence-corrected chi connectivity index (χ4v) is 4.79. The van der Waals surface area contributed by atoms with Crippen LogP contribution in [0.5, 0.6) is 5.75 Å². The Morgan fingerprint density at radius 2 is 1.36 bits per heavy atom. The molecule has 3 aromatic carbocycles. The molecule has 0 aliphatic heterocycles. The minimum absolute atomic E-state index is 0.00533. The Bertz CT molecular complexity index is 1010.